The van der Waals surface area contributed by atoms with Crippen molar-refractivity contribution in [1.29, 1.82) is 0 Å². The Labute approximate surface area is 229 Å². The number of nitrogens with one attached hydrogen (secondary N) is 3. The molecule has 0 saturated heterocycles. The maximum Gasteiger partial charge on any atom is 0.308 e. The fourth-order valence-corrected chi connectivity index (χ4v) is 3.00. The summed E-state index contributed by atoms with van der Waals surface area (Å²) in [6.45, 7) is 4.95. The summed E-state index contributed by atoms with van der Waals surface area (Å²) in [5, 5.41) is 8.30. The Hall–Kier alpha value is -0.880. The zero-order chi connectivity index (χ0) is 27.1. The van der Waals surface area contributed by atoms with E-state index in [9.17, 15) is 14.4 Å². The van der Waals surface area contributed by atoms with E-state index in [0.29, 0.717) is 39.5 Å². The molecule has 2 amide bonds. The Morgan fingerprint density at radius 3 is 2.03 bits per heavy atom. The second kappa shape index (κ2) is 23.3. The Bertz CT molecular complexity index is 596. The second-order valence-electron chi connectivity index (χ2n) is 7.96. The summed E-state index contributed by atoms with van der Waals surface area (Å²) in [5.74, 6) is -1.03. The maximum absolute atomic E-state index is 12.1. The molecule has 10 nitrogen and oxygen atoms in total. The molecule has 0 aromatic heterocycles. The van der Waals surface area contributed by atoms with Crippen molar-refractivity contribution in [3.8, 4) is 0 Å². The van der Waals surface area contributed by atoms with E-state index in [0.717, 1.165) is 19.4 Å². The predicted octanol–water partition coefficient (Wildman–Crippen LogP) is 2.52. The number of hydrogen-bond donors (Lipinski definition) is 3. The molecule has 212 valence electrons. The number of rotatable bonds is 23. The molecule has 0 aliphatic carbocycles. The van der Waals surface area contributed by atoms with Crippen LogP contribution in [0, 0.1) is 0 Å². The Balaban J connectivity index is 3.56. The lowest BCUT2D eigenvalue weighted by molar-refractivity contribution is -0.145. The van der Waals surface area contributed by atoms with Gasteiger partial charge in [-0.1, -0.05) is 67.4 Å². The minimum absolute atomic E-state index is 0.00731. The minimum Gasteiger partial charge on any atom is -0.461 e. The van der Waals surface area contributed by atoms with Crippen LogP contribution < -0.4 is 16.0 Å². The molecule has 0 saturated carbocycles. The van der Waals surface area contributed by atoms with E-state index >= 15 is 0 Å². The highest BCUT2D eigenvalue weighted by Crippen LogP contribution is 2.26. The normalized spacial score (nSPS) is 12.2. The van der Waals surface area contributed by atoms with Gasteiger partial charge in [0, 0.05) is 19.5 Å². The maximum atomic E-state index is 12.1. The molecular formula is C23H42Cl3N3O7. The van der Waals surface area contributed by atoms with E-state index in [1.807, 2.05) is 0 Å². The van der Waals surface area contributed by atoms with Crippen LogP contribution in [0.3, 0.4) is 0 Å². The van der Waals surface area contributed by atoms with Crippen molar-refractivity contribution in [2.24, 2.45) is 0 Å². The van der Waals surface area contributed by atoms with Gasteiger partial charge in [0.05, 0.1) is 52.1 Å². The first-order valence-electron chi connectivity index (χ1n) is 12.4. The van der Waals surface area contributed by atoms with Gasteiger partial charge in [-0.25, -0.2) is 0 Å². The lowest BCUT2D eigenvalue weighted by Crippen LogP contribution is -2.45. The number of hydrogen-bond acceptors (Lipinski definition) is 8. The molecule has 0 fully saturated rings. The van der Waals surface area contributed by atoms with Crippen molar-refractivity contribution >= 4 is 52.6 Å². The first-order valence-corrected chi connectivity index (χ1v) is 13.5. The first kappa shape index (κ1) is 35.1. The number of alkyl halides is 3. The number of carbonyl (C=O) groups is 3. The fourth-order valence-electron chi connectivity index (χ4n) is 2.83. The monoisotopic (exact) mass is 577 g/mol. The van der Waals surface area contributed by atoms with Crippen molar-refractivity contribution in [2.45, 2.75) is 61.7 Å². The molecule has 1 unspecified atom stereocenters. The number of likely N-dealkylation sites (N-methyl/N-ethyl adjacent to an activating group) is 1. The molecule has 0 aliphatic heterocycles. The van der Waals surface area contributed by atoms with Crippen LogP contribution in [0.15, 0.2) is 0 Å². The molecule has 3 N–H and O–H groups in total. The van der Waals surface area contributed by atoms with E-state index < -0.39 is 22.4 Å². The molecule has 0 bridgehead atoms. The van der Waals surface area contributed by atoms with Gasteiger partial charge in [0.15, 0.2) is 0 Å². The van der Waals surface area contributed by atoms with Crippen LogP contribution in [0.1, 0.15) is 51.9 Å². The third kappa shape index (κ3) is 23.5. The summed E-state index contributed by atoms with van der Waals surface area (Å²) in [5.41, 5.74) is 0. The SMILES string of the molecule is CCCCCCCNC(=O)CCOCCOCCOCCNC(=O)C(CC(=O)OCC(Cl)(Cl)Cl)NC. The third-order valence-electron chi connectivity index (χ3n) is 4.80. The van der Waals surface area contributed by atoms with Crippen LogP contribution in [0.2, 0.25) is 0 Å². The van der Waals surface area contributed by atoms with Crippen molar-refractivity contribution in [1.82, 2.24) is 16.0 Å². The quantitative estimate of drug-likeness (QED) is 0.0960. The summed E-state index contributed by atoms with van der Waals surface area (Å²) in [6, 6.07) is -0.780. The zero-order valence-electron chi connectivity index (χ0n) is 21.4. The van der Waals surface area contributed by atoms with E-state index in [-0.39, 0.29) is 31.4 Å². The van der Waals surface area contributed by atoms with Crippen LogP contribution in [0.5, 0.6) is 0 Å². The number of halogens is 3. The molecule has 36 heavy (non-hydrogen) atoms. The average Bonchev–Trinajstić information content (AvgIpc) is 2.83. The van der Waals surface area contributed by atoms with Crippen LogP contribution in [0.4, 0.5) is 0 Å². The van der Waals surface area contributed by atoms with E-state index in [4.69, 9.17) is 53.8 Å². The molecule has 0 spiro atoms. The minimum atomic E-state index is -1.70. The first-order chi connectivity index (χ1) is 17.2. The van der Waals surface area contributed by atoms with Gasteiger partial charge in [0.25, 0.3) is 0 Å². The van der Waals surface area contributed by atoms with Crippen LogP contribution in [-0.4, -0.2) is 94.0 Å². The molecule has 0 radical (unpaired) electrons. The number of unbranched alkanes of at least 4 members (excludes halogenated alkanes) is 4. The summed E-state index contributed by atoms with van der Waals surface area (Å²) < 4.78 is 19.3. The van der Waals surface area contributed by atoms with E-state index in [1.54, 1.807) is 7.05 Å². The molecule has 0 heterocycles. The standard InChI is InChI=1S/C23H42Cl3N3O7/c1-3-4-5-6-7-9-28-20(30)8-11-33-13-15-35-16-14-34-12-10-29-22(32)19(27-2)17-21(31)36-18-23(24,25)26/h19,27H,3-18H2,1-2H3,(H,28,30)(H,29,32). The number of ether oxygens (including phenoxy) is 4. The average molecular weight is 579 g/mol. The van der Waals surface area contributed by atoms with Gasteiger partial charge in [-0.05, 0) is 13.5 Å². The van der Waals surface area contributed by atoms with Crippen molar-refractivity contribution in [2.75, 3.05) is 66.4 Å². The number of amides is 2. The van der Waals surface area contributed by atoms with Crippen LogP contribution in [-0.2, 0) is 33.3 Å². The van der Waals surface area contributed by atoms with Gasteiger partial charge in [0.2, 0.25) is 15.6 Å². The summed E-state index contributed by atoms with van der Waals surface area (Å²) in [6.07, 6.45) is 5.98. The van der Waals surface area contributed by atoms with Gasteiger partial charge >= 0.3 is 5.97 Å². The Kier molecular flexibility index (Phi) is 22.7. The molecule has 0 rings (SSSR count). The zero-order valence-corrected chi connectivity index (χ0v) is 23.7. The molecule has 0 aromatic rings. The molecule has 1 atom stereocenters. The fraction of sp³-hybridized carbons (Fsp3) is 0.870. The van der Waals surface area contributed by atoms with Crippen molar-refractivity contribution in [3.63, 3.8) is 0 Å². The van der Waals surface area contributed by atoms with Gasteiger partial charge in [-0.3, -0.25) is 14.4 Å². The summed E-state index contributed by atoms with van der Waals surface area (Å²) in [4.78, 5) is 35.6. The topological polar surface area (TPSA) is 124 Å². The van der Waals surface area contributed by atoms with Gasteiger partial charge < -0.3 is 34.9 Å². The molecular weight excluding hydrogens is 537 g/mol. The summed E-state index contributed by atoms with van der Waals surface area (Å²) >= 11 is 16.6. The van der Waals surface area contributed by atoms with Crippen molar-refractivity contribution < 1.29 is 33.3 Å². The Morgan fingerprint density at radius 1 is 0.806 bits per heavy atom. The highest BCUT2D eigenvalue weighted by atomic mass is 35.6. The predicted molar refractivity (Wildman–Crippen MR) is 141 cm³/mol. The van der Waals surface area contributed by atoms with E-state index in [1.165, 1.54) is 19.3 Å². The highest BCUT2D eigenvalue weighted by Gasteiger charge is 2.25. The lowest BCUT2D eigenvalue weighted by atomic mass is 10.1. The summed E-state index contributed by atoms with van der Waals surface area (Å²) in [7, 11) is 1.55. The van der Waals surface area contributed by atoms with Gasteiger partial charge in [0.1, 0.15) is 6.61 Å². The van der Waals surface area contributed by atoms with E-state index in [2.05, 4.69) is 22.9 Å². The number of carbonyl (C=O) groups excluding carboxylic acids is 3. The molecule has 0 aliphatic rings. The van der Waals surface area contributed by atoms with Crippen LogP contribution >= 0.6 is 34.8 Å². The second-order valence-corrected chi connectivity index (χ2v) is 10.5. The third-order valence-corrected chi connectivity index (χ3v) is 5.13. The highest BCUT2D eigenvalue weighted by molar-refractivity contribution is 6.67. The smallest absolute Gasteiger partial charge is 0.308 e. The van der Waals surface area contributed by atoms with Crippen molar-refractivity contribution in [3.05, 3.63) is 0 Å². The lowest BCUT2D eigenvalue weighted by Gasteiger charge is -2.17. The number of esters is 1. The van der Waals surface area contributed by atoms with Crippen LogP contribution in [0.25, 0.3) is 0 Å². The van der Waals surface area contributed by atoms with Gasteiger partial charge in [-0.2, -0.15) is 0 Å². The Morgan fingerprint density at radius 2 is 1.42 bits per heavy atom. The van der Waals surface area contributed by atoms with Gasteiger partial charge in [-0.15, -0.1) is 0 Å². The molecule has 0 aromatic carbocycles. The largest absolute Gasteiger partial charge is 0.461 e. The molecule has 13 heteroatoms.